The molecule has 38 heavy (non-hydrogen) atoms. The van der Waals surface area contributed by atoms with Crippen LogP contribution in [0.4, 0.5) is 0 Å². The maximum atomic E-state index is 11.9. The topological polar surface area (TPSA) is 46.5 Å². The molecular weight excluding hydrogens is 468 g/mol. The number of carbonyl (C=O) groups is 1. The van der Waals surface area contributed by atoms with E-state index in [1.165, 1.54) is 96.3 Å². The van der Waals surface area contributed by atoms with Crippen molar-refractivity contribution in [3.63, 3.8) is 0 Å². The molecule has 0 amide bonds. The second-order valence-corrected chi connectivity index (χ2v) is 13.1. The van der Waals surface area contributed by atoms with Gasteiger partial charge in [-0.25, -0.2) is 4.79 Å². The lowest BCUT2D eigenvalue weighted by Gasteiger charge is -2.40. The van der Waals surface area contributed by atoms with Crippen molar-refractivity contribution in [2.24, 2.45) is 29.6 Å². The standard InChI is InChI=1S/C35H54O3/c1-4-5-6-7-26-8-9-33-23-32(19-18-31(33)22-26)29-14-10-27(11-15-29)28-12-16-30(17-13-28)34(20-21-36)24-38-35(37)25(2)3/h18-19,23,26-30,34,36H,2,4-17,20-22,24H2,1,3H3. The monoisotopic (exact) mass is 522 g/mol. The van der Waals surface area contributed by atoms with Crippen molar-refractivity contribution in [2.45, 2.75) is 122 Å². The molecule has 1 N–H and O–H groups in total. The van der Waals surface area contributed by atoms with Crippen LogP contribution < -0.4 is 0 Å². The van der Waals surface area contributed by atoms with Gasteiger partial charge in [-0.15, -0.1) is 0 Å². The van der Waals surface area contributed by atoms with Gasteiger partial charge in [0.1, 0.15) is 0 Å². The third-order valence-corrected chi connectivity index (χ3v) is 10.4. The first-order chi connectivity index (χ1) is 18.5. The Morgan fingerprint density at radius 2 is 1.71 bits per heavy atom. The van der Waals surface area contributed by atoms with Crippen LogP contribution in [0, 0.1) is 29.6 Å². The van der Waals surface area contributed by atoms with Gasteiger partial charge in [-0.1, -0.05) is 57.4 Å². The average Bonchev–Trinajstić information content (AvgIpc) is 2.95. The second-order valence-electron chi connectivity index (χ2n) is 13.1. The number of benzene rings is 1. The Bertz CT molecular complexity index is 888. The molecule has 0 bridgehead atoms. The summed E-state index contributed by atoms with van der Waals surface area (Å²) in [5, 5.41) is 9.58. The highest BCUT2D eigenvalue weighted by molar-refractivity contribution is 5.86. The van der Waals surface area contributed by atoms with Crippen LogP contribution in [-0.2, 0) is 22.4 Å². The molecule has 0 aliphatic heterocycles. The van der Waals surface area contributed by atoms with Crippen molar-refractivity contribution in [3.8, 4) is 0 Å². The summed E-state index contributed by atoms with van der Waals surface area (Å²) >= 11 is 0. The Labute approximate surface area is 232 Å². The lowest BCUT2D eigenvalue weighted by Crippen LogP contribution is -2.30. The third kappa shape index (κ3) is 7.96. The molecule has 3 aliphatic rings. The van der Waals surface area contributed by atoms with Crippen molar-refractivity contribution < 1.29 is 14.6 Å². The van der Waals surface area contributed by atoms with Gasteiger partial charge in [-0.3, -0.25) is 0 Å². The first-order valence-corrected chi connectivity index (χ1v) is 16.0. The molecule has 0 radical (unpaired) electrons. The van der Waals surface area contributed by atoms with E-state index in [-0.39, 0.29) is 18.5 Å². The van der Waals surface area contributed by atoms with Crippen molar-refractivity contribution in [3.05, 3.63) is 47.0 Å². The van der Waals surface area contributed by atoms with E-state index >= 15 is 0 Å². The van der Waals surface area contributed by atoms with Crippen molar-refractivity contribution in [1.82, 2.24) is 0 Å². The van der Waals surface area contributed by atoms with Gasteiger partial charge in [0.25, 0.3) is 0 Å². The minimum atomic E-state index is -0.302. The minimum Gasteiger partial charge on any atom is -0.462 e. The molecule has 0 heterocycles. The van der Waals surface area contributed by atoms with Gasteiger partial charge in [-0.2, -0.15) is 0 Å². The van der Waals surface area contributed by atoms with Gasteiger partial charge < -0.3 is 9.84 Å². The number of aliphatic hydroxyl groups excluding tert-OH is 1. The average molecular weight is 523 g/mol. The number of unbranched alkanes of at least 4 members (excludes halogenated alkanes) is 2. The van der Waals surface area contributed by atoms with Crippen LogP contribution in [0.1, 0.15) is 126 Å². The Kier molecular flexibility index (Phi) is 11.4. The van der Waals surface area contributed by atoms with Crippen LogP contribution in [0.15, 0.2) is 30.4 Å². The number of hydrogen-bond donors (Lipinski definition) is 1. The Morgan fingerprint density at radius 3 is 2.37 bits per heavy atom. The van der Waals surface area contributed by atoms with Crippen LogP contribution >= 0.6 is 0 Å². The molecule has 1 aromatic rings. The van der Waals surface area contributed by atoms with Gasteiger partial charge in [0.05, 0.1) is 6.61 Å². The summed E-state index contributed by atoms with van der Waals surface area (Å²) in [6.45, 7) is 8.28. The summed E-state index contributed by atoms with van der Waals surface area (Å²) in [4.78, 5) is 11.9. The van der Waals surface area contributed by atoms with Gasteiger partial charge >= 0.3 is 5.97 Å². The molecule has 3 nitrogen and oxygen atoms in total. The number of carbonyl (C=O) groups excluding carboxylic acids is 1. The fourth-order valence-corrected chi connectivity index (χ4v) is 7.97. The predicted octanol–water partition coefficient (Wildman–Crippen LogP) is 8.57. The van der Waals surface area contributed by atoms with Crippen LogP contribution in [0.5, 0.6) is 0 Å². The molecule has 2 unspecified atom stereocenters. The van der Waals surface area contributed by atoms with Gasteiger partial charge in [-0.05, 0) is 136 Å². The maximum absolute atomic E-state index is 11.9. The highest BCUT2D eigenvalue weighted by Crippen LogP contribution is 2.46. The van der Waals surface area contributed by atoms with E-state index in [2.05, 4.69) is 31.7 Å². The van der Waals surface area contributed by atoms with E-state index in [1.807, 2.05) is 0 Å². The molecule has 2 atom stereocenters. The summed E-state index contributed by atoms with van der Waals surface area (Å²) in [5.41, 5.74) is 5.36. The smallest absolute Gasteiger partial charge is 0.333 e. The fraction of sp³-hybridized carbons (Fsp3) is 0.743. The molecule has 1 aromatic carbocycles. The third-order valence-electron chi connectivity index (χ3n) is 10.4. The van der Waals surface area contributed by atoms with E-state index in [0.29, 0.717) is 18.1 Å². The Hall–Kier alpha value is -1.61. The first-order valence-electron chi connectivity index (χ1n) is 16.0. The molecule has 3 heteroatoms. The SMILES string of the molecule is C=C(C)C(=O)OCC(CCO)C1CCC(C2CCC(c3ccc4c(c3)CCC(CCCCC)C4)CC2)CC1. The van der Waals surface area contributed by atoms with Crippen LogP contribution in [0.3, 0.4) is 0 Å². The molecule has 0 spiro atoms. The van der Waals surface area contributed by atoms with Crippen LogP contribution in [0.25, 0.3) is 0 Å². The first kappa shape index (κ1) is 29.4. The number of ether oxygens (including phenoxy) is 1. The van der Waals surface area contributed by atoms with E-state index in [4.69, 9.17) is 4.74 Å². The van der Waals surface area contributed by atoms with Gasteiger partial charge in [0, 0.05) is 12.2 Å². The lowest BCUT2D eigenvalue weighted by molar-refractivity contribution is -0.141. The van der Waals surface area contributed by atoms with Crippen LogP contribution in [0.2, 0.25) is 0 Å². The van der Waals surface area contributed by atoms with Gasteiger partial charge in [0.15, 0.2) is 0 Å². The van der Waals surface area contributed by atoms with Crippen molar-refractivity contribution in [2.75, 3.05) is 13.2 Å². The number of rotatable bonds is 12. The molecular formula is C35H54O3. The zero-order chi connectivity index (χ0) is 26.9. The number of esters is 1. The van der Waals surface area contributed by atoms with Crippen molar-refractivity contribution >= 4 is 5.97 Å². The molecule has 0 aromatic heterocycles. The van der Waals surface area contributed by atoms with E-state index in [1.54, 1.807) is 23.6 Å². The minimum absolute atomic E-state index is 0.168. The lowest BCUT2D eigenvalue weighted by atomic mass is 9.66. The van der Waals surface area contributed by atoms with E-state index in [0.717, 1.165) is 30.1 Å². The fourth-order valence-electron chi connectivity index (χ4n) is 7.97. The molecule has 2 fully saturated rings. The highest BCUT2D eigenvalue weighted by atomic mass is 16.5. The maximum Gasteiger partial charge on any atom is 0.333 e. The molecule has 212 valence electrons. The van der Waals surface area contributed by atoms with E-state index in [9.17, 15) is 9.90 Å². The largest absolute Gasteiger partial charge is 0.462 e. The number of aliphatic hydroxyl groups is 1. The molecule has 2 saturated carbocycles. The Morgan fingerprint density at radius 1 is 1.00 bits per heavy atom. The number of hydrogen-bond acceptors (Lipinski definition) is 3. The second kappa shape index (κ2) is 14.7. The highest BCUT2D eigenvalue weighted by Gasteiger charge is 2.34. The zero-order valence-corrected chi connectivity index (χ0v) is 24.4. The van der Waals surface area contributed by atoms with Crippen molar-refractivity contribution in [1.29, 1.82) is 0 Å². The summed E-state index contributed by atoms with van der Waals surface area (Å²) < 4.78 is 5.48. The number of aryl methyl sites for hydroxylation is 1. The summed E-state index contributed by atoms with van der Waals surface area (Å²) in [5.74, 6) is 3.94. The normalized spacial score (nSPS) is 28.3. The van der Waals surface area contributed by atoms with E-state index < -0.39 is 0 Å². The number of fused-ring (bicyclic) bond motifs is 1. The summed E-state index contributed by atoms with van der Waals surface area (Å²) in [7, 11) is 0. The Balaban J connectivity index is 1.22. The summed E-state index contributed by atoms with van der Waals surface area (Å²) in [6.07, 6.45) is 20.8. The molecule has 0 saturated heterocycles. The zero-order valence-electron chi connectivity index (χ0n) is 24.4. The molecule has 4 rings (SSSR count). The predicted molar refractivity (Wildman–Crippen MR) is 157 cm³/mol. The van der Waals surface area contributed by atoms with Crippen LogP contribution in [-0.4, -0.2) is 24.3 Å². The quantitative estimate of drug-likeness (QED) is 0.170. The molecule has 3 aliphatic carbocycles. The summed E-state index contributed by atoms with van der Waals surface area (Å²) in [6, 6.07) is 7.56. The van der Waals surface area contributed by atoms with Gasteiger partial charge in [0.2, 0.25) is 0 Å².